The van der Waals surface area contributed by atoms with Crippen LogP contribution in [-0.2, 0) is 33.6 Å². The Kier molecular flexibility index (Phi) is 19.5. The van der Waals surface area contributed by atoms with Crippen LogP contribution >= 0.6 is 0 Å². The van der Waals surface area contributed by atoms with E-state index in [4.69, 9.17) is 5.73 Å². The number of aliphatic hydroxyl groups excluding tert-OH is 3. The van der Waals surface area contributed by atoms with E-state index in [1.165, 1.54) is 13.0 Å². The zero-order chi connectivity index (χ0) is 42.8. The van der Waals surface area contributed by atoms with Crippen LogP contribution < -0.4 is 37.6 Å². The number of nitrogens with one attached hydrogen (secondary N) is 6. The van der Waals surface area contributed by atoms with E-state index in [1.54, 1.807) is 0 Å². The SMILES string of the molecule is CC(=O)NCCC[C@H](NC(=O)[C@@H](CO)NC(=O)c1cccc(O)c1O)C(=O)N[C@H](CO)C(=O)N[C@@H](CO)C(=O)N(O)CCC[C@H](N)C(=O)N[C@H]1CCCN(O)C1=O. The van der Waals surface area contributed by atoms with Crippen molar-refractivity contribution < 1.29 is 74.3 Å². The Bertz CT molecular complexity index is 1600. The number of para-hydroxylation sites is 1. The summed E-state index contributed by atoms with van der Waals surface area (Å²) in [5.74, 6) is -8.92. The van der Waals surface area contributed by atoms with Gasteiger partial charge in [-0.05, 0) is 50.7 Å². The molecule has 0 unspecified atom stereocenters. The third-order valence-corrected chi connectivity index (χ3v) is 8.56. The molecule has 24 heteroatoms. The van der Waals surface area contributed by atoms with Crippen LogP contribution in [0.15, 0.2) is 18.2 Å². The third-order valence-electron chi connectivity index (χ3n) is 8.56. The van der Waals surface area contributed by atoms with Gasteiger partial charge < -0.3 is 63.2 Å². The second-order valence-corrected chi connectivity index (χ2v) is 12.9. The number of phenols is 2. The number of amides is 8. The summed E-state index contributed by atoms with van der Waals surface area (Å²) in [4.78, 5) is 101. The maximum Gasteiger partial charge on any atom is 0.270 e. The van der Waals surface area contributed by atoms with Crippen LogP contribution in [0.1, 0.15) is 55.8 Å². The monoisotopic (exact) mass is 813 g/mol. The van der Waals surface area contributed by atoms with Gasteiger partial charge in [-0.25, -0.2) is 10.1 Å². The average molecular weight is 814 g/mol. The van der Waals surface area contributed by atoms with Gasteiger partial charge in [0, 0.05) is 26.6 Å². The van der Waals surface area contributed by atoms with Gasteiger partial charge in [-0.3, -0.25) is 48.8 Å². The zero-order valence-corrected chi connectivity index (χ0v) is 31.0. The van der Waals surface area contributed by atoms with E-state index in [-0.39, 0.29) is 43.8 Å². The molecule has 0 spiro atoms. The van der Waals surface area contributed by atoms with Crippen LogP contribution in [0.4, 0.5) is 0 Å². The Hall–Kier alpha value is -5.66. The summed E-state index contributed by atoms with van der Waals surface area (Å²) in [7, 11) is 0. The van der Waals surface area contributed by atoms with Crippen molar-refractivity contribution in [2.75, 3.05) is 39.5 Å². The van der Waals surface area contributed by atoms with Crippen LogP contribution in [0.3, 0.4) is 0 Å². The molecule has 1 aromatic carbocycles. The quantitative estimate of drug-likeness (QED) is 0.0225. The molecule has 0 radical (unpaired) electrons. The van der Waals surface area contributed by atoms with Crippen molar-refractivity contribution in [3.8, 4) is 11.5 Å². The lowest BCUT2D eigenvalue weighted by molar-refractivity contribution is -0.173. The minimum absolute atomic E-state index is 0.0396. The number of benzene rings is 1. The first kappa shape index (κ1) is 47.5. The molecule has 2 rings (SSSR count). The standard InChI is InChI=1S/C33H51N9O15/c1-17(46)35-11-3-8-20(36-30(52)22(14-43)38-27(49)18-6-2-10-25(47)26(18)48)29(51)39-23(15-44)31(53)40-24(16-45)33(55)42(57)12-4-7-19(34)28(50)37-21-9-5-13-41(56)32(21)54/h2,6,10,19-24,43-45,47-48,56-57H,3-5,7-9,11-16,34H2,1H3,(H,35,46)(H,36,52)(H,37,50)(H,38,49)(H,39,51)(H,40,53)/t19-,20-,21-,22+,23+,24-/m0/s1. The number of carbonyl (C=O) groups excluding carboxylic acids is 8. The van der Waals surface area contributed by atoms with Gasteiger partial charge >= 0.3 is 0 Å². The first-order valence-electron chi connectivity index (χ1n) is 17.8. The van der Waals surface area contributed by atoms with E-state index in [2.05, 4.69) is 31.9 Å². The summed E-state index contributed by atoms with van der Waals surface area (Å²) in [6, 6.07) is -5.49. The molecular weight excluding hydrogens is 762 g/mol. The number of nitrogens with two attached hydrogens (primary N) is 1. The second kappa shape index (κ2) is 23.4. The predicted molar refractivity (Wildman–Crippen MR) is 191 cm³/mol. The van der Waals surface area contributed by atoms with Gasteiger partial charge in [-0.2, -0.15) is 0 Å². The molecular formula is C33H51N9O15. The molecule has 57 heavy (non-hydrogen) atoms. The molecule has 318 valence electrons. The molecule has 1 aliphatic heterocycles. The predicted octanol–water partition coefficient (Wildman–Crippen LogP) is -5.63. The van der Waals surface area contributed by atoms with E-state index >= 15 is 0 Å². The summed E-state index contributed by atoms with van der Waals surface area (Å²) in [6.07, 6.45) is 0.485. The number of hydrogen-bond acceptors (Lipinski definition) is 16. The Balaban J connectivity index is 2.02. The number of rotatable bonds is 22. The molecule has 1 fully saturated rings. The second-order valence-electron chi connectivity index (χ2n) is 12.9. The fourth-order valence-corrected chi connectivity index (χ4v) is 5.33. The van der Waals surface area contributed by atoms with Crippen LogP contribution in [0.5, 0.6) is 11.5 Å². The summed E-state index contributed by atoms with van der Waals surface area (Å²) < 4.78 is 0. The highest BCUT2D eigenvalue weighted by Gasteiger charge is 2.33. The lowest BCUT2D eigenvalue weighted by atomic mass is 10.0. The van der Waals surface area contributed by atoms with Crippen molar-refractivity contribution >= 4 is 47.3 Å². The van der Waals surface area contributed by atoms with Gasteiger partial charge in [0.15, 0.2) is 11.5 Å². The Morgan fingerprint density at radius 3 is 2.04 bits per heavy atom. The number of hydroxylamine groups is 4. The lowest BCUT2D eigenvalue weighted by Crippen LogP contribution is -2.60. The highest BCUT2D eigenvalue weighted by molar-refractivity contribution is 6.01. The smallest absolute Gasteiger partial charge is 0.270 e. The maximum atomic E-state index is 13.3. The average Bonchev–Trinajstić information content (AvgIpc) is 3.17. The van der Waals surface area contributed by atoms with Crippen molar-refractivity contribution in [2.24, 2.45) is 5.73 Å². The third kappa shape index (κ3) is 14.7. The molecule has 1 aliphatic rings. The normalized spacial score (nSPS) is 16.5. The van der Waals surface area contributed by atoms with E-state index in [0.29, 0.717) is 17.9 Å². The Labute approximate surface area is 325 Å². The fourth-order valence-electron chi connectivity index (χ4n) is 5.33. The maximum absolute atomic E-state index is 13.3. The van der Waals surface area contributed by atoms with Gasteiger partial charge in [-0.1, -0.05) is 6.07 Å². The Morgan fingerprint density at radius 2 is 1.42 bits per heavy atom. The largest absolute Gasteiger partial charge is 0.504 e. The molecule has 8 amide bonds. The van der Waals surface area contributed by atoms with Crippen molar-refractivity contribution in [3.05, 3.63) is 23.8 Å². The van der Waals surface area contributed by atoms with Crippen molar-refractivity contribution in [3.63, 3.8) is 0 Å². The molecule has 0 aliphatic carbocycles. The molecule has 15 N–H and O–H groups in total. The number of phenolic OH excluding ortho intramolecular Hbond substituents is 2. The number of carbonyl (C=O) groups is 8. The van der Waals surface area contributed by atoms with Gasteiger partial charge in [0.1, 0.15) is 30.2 Å². The summed E-state index contributed by atoms with van der Waals surface area (Å²) in [6.45, 7) is -2.14. The highest BCUT2D eigenvalue weighted by Crippen LogP contribution is 2.28. The molecule has 0 saturated carbocycles. The van der Waals surface area contributed by atoms with Crippen molar-refractivity contribution in [1.82, 2.24) is 42.0 Å². The minimum atomic E-state index is -1.80. The topological polar surface area (TPSA) is 383 Å². The summed E-state index contributed by atoms with van der Waals surface area (Å²) in [5, 5.41) is 83.3. The number of aromatic hydroxyl groups is 2. The Morgan fingerprint density at radius 1 is 0.842 bits per heavy atom. The number of hydrogen-bond donors (Lipinski definition) is 14. The van der Waals surface area contributed by atoms with Crippen LogP contribution in [0.2, 0.25) is 0 Å². The summed E-state index contributed by atoms with van der Waals surface area (Å²) >= 11 is 0. The molecule has 0 bridgehead atoms. The molecule has 24 nitrogen and oxygen atoms in total. The number of aliphatic hydroxyl groups is 3. The fraction of sp³-hybridized carbons (Fsp3) is 0.576. The molecule has 0 aromatic heterocycles. The van der Waals surface area contributed by atoms with E-state index in [9.17, 15) is 74.3 Å². The first-order valence-corrected chi connectivity index (χ1v) is 17.8. The zero-order valence-electron chi connectivity index (χ0n) is 31.0. The summed E-state index contributed by atoms with van der Waals surface area (Å²) in [5.41, 5.74) is 5.42. The number of piperidine rings is 1. The van der Waals surface area contributed by atoms with Crippen LogP contribution in [0, 0.1) is 0 Å². The van der Waals surface area contributed by atoms with Crippen molar-refractivity contribution in [1.29, 1.82) is 0 Å². The van der Waals surface area contributed by atoms with Gasteiger partial charge in [0.05, 0.1) is 31.4 Å². The molecule has 6 atom stereocenters. The van der Waals surface area contributed by atoms with Crippen LogP contribution in [-0.4, -0.2) is 169 Å². The van der Waals surface area contributed by atoms with Gasteiger partial charge in [-0.15, -0.1) is 0 Å². The highest BCUT2D eigenvalue weighted by atomic mass is 16.5. The van der Waals surface area contributed by atoms with Crippen molar-refractivity contribution in [2.45, 2.75) is 81.7 Å². The van der Waals surface area contributed by atoms with Crippen LogP contribution in [0.25, 0.3) is 0 Å². The minimum Gasteiger partial charge on any atom is -0.504 e. The number of nitrogens with zero attached hydrogens (tertiary/aromatic N) is 2. The molecule has 1 saturated heterocycles. The lowest BCUT2D eigenvalue weighted by Gasteiger charge is -2.28. The van der Waals surface area contributed by atoms with E-state index in [1.807, 2.05) is 0 Å². The van der Waals surface area contributed by atoms with E-state index < -0.39 is 127 Å². The molecule has 1 heterocycles. The molecule has 1 aromatic rings. The first-order chi connectivity index (χ1) is 26.9. The van der Waals surface area contributed by atoms with Gasteiger partial charge in [0.2, 0.25) is 29.5 Å². The van der Waals surface area contributed by atoms with Gasteiger partial charge in [0.25, 0.3) is 17.7 Å². The van der Waals surface area contributed by atoms with E-state index in [0.717, 1.165) is 12.1 Å².